The second-order valence-corrected chi connectivity index (χ2v) is 13.1. The van der Waals surface area contributed by atoms with Crippen LogP contribution in [0.5, 0.6) is 0 Å². The summed E-state index contributed by atoms with van der Waals surface area (Å²) in [5.41, 5.74) is 3.48. The van der Waals surface area contributed by atoms with Crippen molar-refractivity contribution in [2.45, 2.75) is 56.0 Å². The van der Waals surface area contributed by atoms with Gasteiger partial charge in [-0.2, -0.15) is 0 Å². The van der Waals surface area contributed by atoms with Crippen LogP contribution in [0.3, 0.4) is 0 Å². The lowest BCUT2D eigenvalue weighted by molar-refractivity contribution is -0.268. The van der Waals surface area contributed by atoms with E-state index in [4.69, 9.17) is 14.2 Å². The Kier molecular flexibility index (Phi) is 10.9. The van der Waals surface area contributed by atoms with Crippen molar-refractivity contribution in [2.24, 2.45) is 5.92 Å². The van der Waals surface area contributed by atoms with E-state index in [0.29, 0.717) is 21.9 Å². The maximum atomic E-state index is 13.4. The molecule has 3 amide bonds. The number of aliphatic hydroxyl groups is 1. The van der Waals surface area contributed by atoms with Crippen molar-refractivity contribution >= 4 is 41.3 Å². The van der Waals surface area contributed by atoms with Gasteiger partial charge in [-0.15, -0.1) is 11.8 Å². The molecule has 0 aliphatic carbocycles. The number of rotatable bonds is 11. The van der Waals surface area contributed by atoms with Crippen LogP contribution in [0.4, 0.5) is 10.5 Å². The number of anilines is 1. The number of hydrogen-bond donors (Lipinski definition) is 3. The molecule has 0 aromatic heterocycles. The van der Waals surface area contributed by atoms with E-state index in [2.05, 4.69) is 5.32 Å². The number of hydrogen-bond acceptors (Lipinski definition) is 9. The molecule has 2 saturated heterocycles. The zero-order valence-corrected chi connectivity index (χ0v) is 28.0. The first-order chi connectivity index (χ1) is 24.2. The van der Waals surface area contributed by atoms with Crippen molar-refractivity contribution in [3.8, 4) is 0 Å². The molecule has 6 rings (SSSR count). The molecule has 50 heavy (non-hydrogen) atoms. The average molecular weight is 697 g/mol. The average Bonchev–Trinajstić information content (AvgIpc) is 3.42. The molecule has 0 bridgehead atoms. The molecule has 3 N–H and O–H groups in total. The minimum absolute atomic E-state index is 0.0193. The van der Waals surface area contributed by atoms with Gasteiger partial charge in [0.2, 0.25) is 5.91 Å². The van der Waals surface area contributed by atoms with E-state index < -0.39 is 48.4 Å². The third-order valence-electron chi connectivity index (χ3n) is 8.70. The Labute approximate surface area is 293 Å². The number of nitrogens with zero attached hydrogens (tertiary/aromatic N) is 1. The summed E-state index contributed by atoms with van der Waals surface area (Å²) in [6, 6.07) is 29.0. The zero-order valence-electron chi connectivity index (χ0n) is 27.1. The Balaban J connectivity index is 1.20. The molecule has 12 heteroatoms. The normalized spacial score (nSPS) is 22.0. The number of alkyl carbamates (subject to hydrolysis) is 1. The van der Waals surface area contributed by atoms with Gasteiger partial charge in [0.1, 0.15) is 12.6 Å². The van der Waals surface area contributed by atoms with Crippen molar-refractivity contribution in [1.29, 1.82) is 0 Å². The molecule has 2 heterocycles. The summed E-state index contributed by atoms with van der Waals surface area (Å²) >= 11 is 1.38. The monoisotopic (exact) mass is 696 g/mol. The SMILES string of the molecule is C[C@@H]1[C@H](CSc2ccccc2C(=O)O)O[C@H](c2cccc(N3C(=O)CC(NC(=O)OCc4ccccc4)C3=O)c2)O[C@@H]1c1ccc(CO)cc1. The van der Waals surface area contributed by atoms with Gasteiger partial charge in [0.05, 0.1) is 36.5 Å². The number of benzene rings is 4. The molecule has 2 fully saturated rings. The molecule has 2 aliphatic rings. The molecule has 1 unspecified atom stereocenters. The molecule has 0 spiro atoms. The minimum atomic E-state index is -1.08. The molecule has 11 nitrogen and oxygen atoms in total. The molecule has 2 aliphatic heterocycles. The van der Waals surface area contributed by atoms with Crippen LogP contribution >= 0.6 is 11.8 Å². The van der Waals surface area contributed by atoms with E-state index in [1.807, 2.05) is 49.4 Å². The molecule has 258 valence electrons. The van der Waals surface area contributed by atoms with Crippen molar-refractivity contribution in [3.63, 3.8) is 0 Å². The minimum Gasteiger partial charge on any atom is -0.478 e. The first kappa shape index (κ1) is 34.8. The Bertz CT molecular complexity index is 1850. The fourth-order valence-electron chi connectivity index (χ4n) is 5.98. The van der Waals surface area contributed by atoms with Gasteiger partial charge >= 0.3 is 12.1 Å². The summed E-state index contributed by atoms with van der Waals surface area (Å²) < 4.78 is 18.3. The van der Waals surface area contributed by atoms with Crippen LogP contribution in [0, 0.1) is 5.92 Å². The van der Waals surface area contributed by atoms with Gasteiger partial charge < -0.3 is 29.7 Å². The third kappa shape index (κ3) is 7.89. The van der Waals surface area contributed by atoms with E-state index in [-0.39, 0.29) is 31.1 Å². The summed E-state index contributed by atoms with van der Waals surface area (Å²) in [7, 11) is 0. The van der Waals surface area contributed by atoms with Crippen molar-refractivity contribution in [3.05, 3.63) is 131 Å². The largest absolute Gasteiger partial charge is 0.478 e. The maximum Gasteiger partial charge on any atom is 0.408 e. The topological polar surface area (TPSA) is 152 Å². The quantitative estimate of drug-likeness (QED) is 0.125. The van der Waals surface area contributed by atoms with E-state index >= 15 is 0 Å². The highest BCUT2D eigenvalue weighted by molar-refractivity contribution is 7.99. The van der Waals surface area contributed by atoms with Gasteiger partial charge in [-0.1, -0.05) is 85.8 Å². The number of carboxylic acids is 1. The standard InChI is InChI=1S/C38H36N2O9S/c1-23-31(22-50-32-13-6-5-12-29(32)36(44)45)48-37(49-34(23)26-16-14-24(20-41)15-17-26)27-10-7-11-28(18-27)40-33(42)19-30(35(40)43)39-38(46)47-21-25-8-3-2-4-9-25/h2-18,23,30-31,34,37,41H,19-22H2,1H3,(H,39,46)(H,44,45)/t23-,30?,31+,34+,37+/m1/s1. The number of amides is 3. The second kappa shape index (κ2) is 15.7. The smallest absolute Gasteiger partial charge is 0.408 e. The van der Waals surface area contributed by atoms with E-state index in [1.54, 1.807) is 60.7 Å². The van der Waals surface area contributed by atoms with Crippen LogP contribution in [0.1, 0.15) is 58.4 Å². The van der Waals surface area contributed by atoms with Gasteiger partial charge in [-0.05, 0) is 41.0 Å². The lowest BCUT2D eigenvalue weighted by atomic mass is 9.91. The Morgan fingerprint density at radius 1 is 0.900 bits per heavy atom. The van der Waals surface area contributed by atoms with Gasteiger partial charge in [0, 0.05) is 22.1 Å². The van der Waals surface area contributed by atoms with Crippen LogP contribution in [0.25, 0.3) is 0 Å². The first-order valence-corrected chi connectivity index (χ1v) is 17.1. The predicted octanol–water partition coefficient (Wildman–Crippen LogP) is 6.02. The molecular formula is C38H36N2O9S. The fourth-order valence-corrected chi connectivity index (χ4v) is 7.20. The Hall–Kier alpha value is -5.01. The molecule has 5 atom stereocenters. The van der Waals surface area contributed by atoms with Gasteiger partial charge in [0.15, 0.2) is 6.29 Å². The maximum absolute atomic E-state index is 13.4. The molecular weight excluding hydrogens is 660 g/mol. The summed E-state index contributed by atoms with van der Waals surface area (Å²) in [5.74, 6) is -1.82. The number of nitrogens with one attached hydrogen (secondary N) is 1. The predicted molar refractivity (Wildman–Crippen MR) is 184 cm³/mol. The summed E-state index contributed by atoms with van der Waals surface area (Å²) in [6.07, 6.45) is -2.75. The second-order valence-electron chi connectivity index (χ2n) is 12.1. The summed E-state index contributed by atoms with van der Waals surface area (Å²) in [6.45, 7) is 1.93. The lowest BCUT2D eigenvalue weighted by Gasteiger charge is -2.41. The van der Waals surface area contributed by atoms with Crippen molar-refractivity contribution in [1.82, 2.24) is 5.32 Å². The van der Waals surface area contributed by atoms with Gasteiger partial charge in [-0.3, -0.25) is 9.59 Å². The highest BCUT2D eigenvalue weighted by Gasteiger charge is 2.42. The number of carboxylic acid groups (broad SMARTS) is 1. The van der Waals surface area contributed by atoms with Crippen molar-refractivity contribution < 1.29 is 43.6 Å². The van der Waals surface area contributed by atoms with Crippen LogP contribution < -0.4 is 10.2 Å². The van der Waals surface area contributed by atoms with Crippen LogP contribution in [0.15, 0.2) is 108 Å². The molecule has 4 aromatic carbocycles. The highest BCUT2D eigenvalue weighted by Crippen LogP contribution is 2.44. The molecule has 0 saturated carbocycles. The Morgan fingerprint density at radius 2 is 1.64 bits per heavy atom. The molecule has 0 radical (unpaired) electrons. The number of carbonyl (C=O) groups excluding carboxylic acids is 3. The van der Waals surface area contributed by atoms with Crippen LogP contribution in [-0.4, -0.2) is 52.0 Å². The Morgan fingerprint density at radius 3 is 2.38 bits per heavy atom. The highest BCUT2D eigenvalue weighted by atomic mass is 32.2. The zero-order chi connectivity index (χ0) is 35.2. The van der Waals surface area contributed by atoms with E-state index in [0.717, 1.165) is 21.6 Å². The summed E-state index contributed by atoms with van der Waals surface area (Å²) in [4.78, 5) is 52.5. The van der Waals surface area contributed by atoms with Gasteiger partial charge in [-0.25, -0.2) is 14.5 Å². The number of aromatic carboxylic acids is 1. The van der Waals surface area contributed by atoms with Gasteiger partial charge in [0.25, 0.3) is 5.91 Å². The number of ether oxygens (including phenoxy) is 3. The fraction of sp³-hybridized carbons (Fsp3) is 0.263. The van der Waals surface area contributed by atoms with Crippen LogP contribution in [-0.2, 0) is 37.0 Å². The van der Waals surface area contributed by atoms with Crippen LogP contribution in [0.2, 0.25) is 0 Å². The first-order valence-electron chi connectivity index (χ1n) is 16.1. The third-order valence-corrected chi connectivity index (χ3v) is 9.86. The lowest BCUT2D eigenvalue weighted by Crippen LogP contribution is -2.42. The molecule has 4 aromatic rings. The summed E-state index contributed by atoms with van der Waals surface area (Å²) in [5, 5.41) is 21.8. The van der Waals surface area contributed by atoms with E-state index in [1.165, 1.54) is 11.8 Å². The van der Waals surface area contributed by atoms with E-state index in [9.17, 15) is 29.4 Å². The number of aliphatic hydroxyl groups excluding tert-OH is 1. The van der Waals surface area contributed by atoms with Crippen molar-refractivity contribution in [2.75, 3.05) is 10.7 Å². The number of imide groups is 1. The number of carbonyl (C=O) groups is 4. The number of thioether (sulfide) groups is 1.